The summed E-state index contributed by atoms with van der Waals surface area (Å²) in [5, 5.41) is 9.28. The largest absolute Gasteiger partial charge is 0.454 e. The van der Waals surface area contributed by atoms with Crippen LogP contribution in [0, 0.1) is 5.41 Å². The quantitative estimate of drug-likeness (QED) is 0.332. The van der Waals surface area contributed by atoms with Gasteiger partial charge in [-0.1, -0.05) is 18.2 Å². The van der Waals surface area contributed by atoms with E-state index in [1.165, 1.54) is 0 Å². The number of carbonyl (C=O) groups is 1. The topological polar surface area (TPSA) is 94.6 Å². The molecular weight excluding hydrogens is 320 g/mol. The predicted molar refractivity (Wildman–Crippen MR) is 92.5 cm³/mol. The molecule has 0 spiro atoms. The molecule has 1 heterocycles. The minimum atomic E-state index is -0.474. The summed E-state index contributed by atoms with van der Waals surface area (Å²) in [6, 6.07) is 15.6. The molecule has 0 unspecified atom stereocenters. The number of carbonyl (C=O) groups excluding carboxylic acids is 1. The first kappa shape index (κ1) is 15.0. The van der Waals surface area contributed by atoms with Crippen LogP contribution in [0.5, 0.6) is 17.2 Å². The molecule has 0 bridgehead atoms. The van der Waals surface area contributed by atoms with Crippen molar-refractivity contribution < 1.29 is 19.0 Å². The molecule has 3 aromatic carbocycles. The molecular formula is C19H14N2O4. The summed E-state index contributed by atoms with van der Waals surface area (Å²) in [7, 11) is 0. The number of hydrogen-bond donors (Lipinski definition) is 2. The minimum Gasteiger partial charge on any atom is -0.454 e. The van der Waals surface area contributed by atoms with E-state index in [0.717, 1.165) is 10.8 Å². The molecule has 0 atom stereocenters. The number of nitrogens with one attached hydrogen (secondary N) is 1. The van der Waals surface area contributed by atoms with Gasteiger partial charge < -0.3 is 19.9 Å². The Morgan fingerprint density at radius 2 is 1.64 bits per heavy atom. The van der Waals surface area contributed by atoms with Crippen molar-refractivity contribution in [1.82, 2.24) is 0 Å². The zero-order valence-corrected chi connectivity index (χ0v) is 13.1. The van der Waals surface area contributed by atoms with E-state index in [0.29, 0.717) is 28.4 Å². The first-order chi connectivity index (χ1) is 12.1. The highest BCUT2D eigenvalue weighted by atomic mass is 16.7. The molecule has 0 fully saturated rings. The molecule has 0 saturated heterocycles. The Labute approximate surface area is 143 Å². The zero-order chi connectivity index (χ0) is 17.4. The monoisotopic (exact) mass is 334 g/mol. The Balaban J connectivity index is 1.58. The fraction of sp³-hybridized carbons (Fsp3) is 0.0526. The molecule has 0 aliphatic carbocycles. The van der Waals surface area contributed by atoms with Crippen molar-refractivity contribution in [3.63, 3.8) is 0 Å². The van der Waals surface area contributed by atoms with E-state index in [4.69, 9.17) is 25.4 Å². The molecule has 6 heteroatoms. The van der Waals surface area contributed by atoms with Crippen LogP contribution in [-0.2, 0) is 0 Å². The number of hydrogen-bond acceptors (Lipinski definition) is 5. The van der Waals surface area contributed by atoms with Crippen LogP contribution in [-0.4, -0.2) is 18.6 Å². The molecule has 0 amide bonds. The van der Waals surface area contributed by atoms with E-state index in [9.17, 15) is 4.79 Å². The van der Waals surface area contributed by atoms with Crippen LogP contribution in [0.25, 0.3) is 10.8 Å². The van der Waals surface area contributed by atoms with Gasteiger partial charge in [0.25, 0.3) is 0 Å². The highest BCUT2D eigenvalue weighted by Gasteiger charge is 2.17. The molecule has 4 rings (SSSR count). The normalized spacial score (nSPS) is 12.2. The molecule has 124 valence electrons. The summed E-state index contributed by atoms with van der Waals surface area (Å²) < 4.78 is 15.9. The number of benzene rings is 3. The third-order valence-corrected chi connectivity index (χ3v) is 3.94. The van der Waals surface area contributed by atoms with Crippen molar-refractivity contribution in [2.24, 2.45) is 5.73 Å². The molecule has 0 radical (unpaired) electrons. The third-order valence-electron chi connectivity index (χ3n) is 3.94. The van der Waals surface area contributed by atoms with Crippen molar-refractivity contribution in [3.8, 4) is 17.2 Å². The van der Waals surface area contributed by atoms with E-state index in [1.807, 2.05) is 18.2 Å². The van der Waals surface area contributed by atoms with Crippen LogP contribution < -0.4 is 19.9 Å². The van der Waals surface area contributed by atoms with E-state index < -0.39 is 5.97 Å². The van der Waals surface area contributed by atoms with Crippen LogP contribution in [0.2, 0.25) is 0 Å². The van der Waals surface area contributed by atoms with Gasteiger partial charge in [0, 0.05) is 5.56 Å². The lowest BCUT2D eigenvalue weighted by Gasteiger charge is -2.07. The lowest BCUT2D eigenvalue weighted by Crippen LogP contribution is -2.10. The van der Waals surface area contributed by atoms with E-state index in [2.05, 4.69) is 0 Å². The summed E-state index contributed by atoms with van der Waals surface area (Å²) in [6.45, 7) is 0.154. The van der Waals surface area contributed by atoms with Gasteiger partial charge in [0.15, 0.2) is 11.5 Å². The highest BCUT2D eigenvalue weighted by Crippen LogP contribution is 2.33. The van der Waals surface area contributed by atoms with Crippen molar-refractivity contribution in [2.45, 2.75) is 0 Å². The maximum atomic E-state index is 12.3. The number of esters is 1. The molecule has 1 aliphatic heterocycles. The predicted octanol–water partition coefficient (Wildman–Crippen LogP) is 3.07. The Morgan fingerprint density at radius 3 is 2.48 bits per heavy atom. The minimum absolute atomic E-state index is 0.0141. The standard InChI is InChI=1S/C19H14N2O4/c20-18(21)13-2-1-12-8-15(5-3-11(12)7-13)25-19(22)14-4-6-16-17(9-14)24-10-23-16/h1-9H,10H2,(H3,20,21). The van der Waals surface area contributed by atoms with Crippen molar-refractivity contribution in [2.75, 3.05) is 6.79 Å². The van der Waals surface area contributed by atoms with Gasteiger partial charge in [-0.05, 0) is 47.2 Å². The Bertz CT molecular complexity index is 1010. The lowest BCUT2D eigenvalue weighted by atomic mass is 10.1. The highest BCUT2D eigenvalue weighted by molar-refractivity contribution is 5.99. The van der Waals surface area contributed by atoms with E-state index in [-0.39, 0.29) is 12.6 Å². The number of ether oxygens (including phenoxy) is 3. The Kier molecular flexibility index (Phi) is 3.50. The van der Waals surface area contributed by atoms with Gasteiger partial charge in [-0.2, -0.15) is 0 Å². The Morgan fingerprint density at radius 1 is 0.920 bits per heavy atom. The van der Waals surface area contributed by atoms with Gasteiger partial charge in [-0.25, -0.2) is 4.79 Å². The summed E-state index contributed by atoms with van der Waals surface area (Å²) in [6.07, 6.45) is 0. The smallest absolute Gasteiger partial charge is 0.343 e. The molecule has 3 N–H and O–H groups in total. The van der Waals surface area contributed by atoms with Crippen LogP contribution in [0.1, 0.15) is 15.9 Å². The van der Waals surface area contributed by atoms with Gasteiger partial charge >= 0.3 is 5.97 Å². The number of amidine groups is 1. The molecule has 0 aromatic heterocycles. The Hall–Kier alpha value is -3.54. The zero-order valence-electron chi connectivity index (χ0n) is 13.1. The molecule has 1 aliphatic rings. The lowest BCUT2D eigenvalue weighted by molar-refractivity contribution is 0.0734. The number of nitrogen functional groups attached to an aromatic ring is 1. The number of fused-ring (bicyclic) bond motifs is 2. The van der Waals surface area contributed by atoms with Crippen molar-refractivity contribution in [3.05, 3.63) is 65.7 Å². The van der Waals surface area contributed by atoms with Gasteiger partial charge in [0.1, 0.15) is 11.6 Å². The number of rotatable bonds is 3. The van der Waals surface area contributed by atoms with Crippen LogP contribution >= 0.6 is 0 Å². The summed E-state index contributed by atoms with van der Waals surface area (Å²) in [4.78, 5) is 12.3. The molecule has 6 nitrogen and oxygen atoms in total. The van der Waals surface area contributed by atoms with Gasteiger partial charge in [-0.15, -0.1) is 0 Å². The molecule has 3 aromatic rings. The van der Waals surface area contributed by atoms with Crippen molar-refractivity contribution >= 4 is 22.6 Å². The summed E-state index contributed by atoms with van der Waals surface area (Å²) in [5.41, 5.74) is 6.53. The van der Waals surface area contributed by atoms with Gasteiger partial charge in [0.2, 0.25) is 6.79 Å². The molecule has 0 saturated carbocycles. The first-order valence-corrected chi connectivity index (χ1v) is 7.60. The summed E-state index contributed by atoms with van der Waals surface area (Å²) in [5.74, 6) is 1.12. The summed E-state index contributed by atoms with van der Waals surface area (Å²) >= 11 is 0. The van der Waals surface area contributed by atoms with E-state index >= 15 is 0 Å². The van der Waals surface area contributed by atoms with Crippen LogP contribution in [0.15, 0.2) is 54.6 Å². The van der Waals surface area contributed by atoms with Crippen molar-refractivity contribution in [1.29, 1.82) is 5.41 Å². The van der Waals surface area contributed by atoms with Crippen LogP contribution in [0.3, 0.4) is 0 Å². The average molecular weight is 334 g/mol. The number of nitrogens with two attached hydrogens (primary N) is 1. The van der Waals surface area contributed by atoms with Gasteiger partial charge in [0.05, 0.1) is 5.56 Å². The SMILES string of the molecule is N=C(N)c1ccc2cc(OC(=O)c3ccc4c(c3)OCO4)ccc2c1. The van der Waals surface area contributed by atoms with Gasteiger partial charge in [-0.3, -0.25) is 5.41 Å². The second-order valence-electron chi connectivity index (χ2n) is 5.59. The first-order valence-electron chi connectivity index (χ1n) is 7.60. The van der Waals surface area contributed by atoms with E-state index in [1.54, 1.807) is 36.4 Å². The van der Waals surface area contributed by atoms with Crippen LogP contribution in [0.4, 0.5) is 0 Å². The molecule has 25 heavy (non-hydrogen) atoms. The second kappa shape index (κ2) is 5.83. The fourth-order valence-electron chi connectivity index (χ4n) is 2.64. The second-order valence-corrected chi connectivity index (χ2v) is 5.59. The fourth-order valence-corrected chi connectivity index (χ4v) is 2.64. The maximum Gasteiger partial charge on any atom is 0.343 e. The third kappa shape index (κ3) is 2.85. The average Bonchev–Trinajstić information content (AvgIpc) is 3.08. The maximum absolute atomic E-state index is 12.3.